The van der Waals surface area contributed by atoms with Gasteiger partial charge < -0.3 is 9.47 Å². The van der Waals surface area contributed by atoms with Crippen LogP contribution in [0.15, 0.2) is 30.6 Å². The number of piperidine rings is 1. The number of rotatable bonds is 6. The fraction of sp³-hybridized carbons (Fsp3) is 0.619. The van der Waals surface area contributed by atoms with Crippen molar-refractivity contribution in [2.75, 3.05) is 18.8 Å². The van der Waals surface area contributed by atoms with Crippen LogP contribution in [0.25, 0.3) is 11.0 Å². The molecule has 1 amide bonds. The minimum absolute atomic E-state index is 0.0224. The summed E-state index contributed by atoms with van der Waals surface area (Å²) in [6.07, 6.45) is 8.62. The molecule has 1 aliphatic carbocycles. The summed E-state index contributed by atoms with van der Waals surface area (Å²) in [5.41, 5.74) is 1.81. The van der Waals surface area contributed by atoms with Crippen LogP contribution in [0.4, 0.5) is 0 Å². The van der Waals surface area contributed by atoms with Crippen molar-refractivity contribution in [3.05, 3.63) is 30.6 Å². The van der Waals surface area contributed by atoms with E-state index in [1.54, 1.807) is 6.33 Å². The lowest BCUT2D eigenvalue weighted by Crippen LogP contribution is -2.48. The maximum atomic E-state index is 12.7. The van der Waals surface area contributed by atoms with Crippen molar-refractivity contribution in [2.45, 2.75) is 57.5 Å². The van der Waals surface area contributed by atoms with E-state index in [1.807, 2.05) is 33.7 Å². The van der Waals surface area contributed by atoms with Crippen LogP contribution >= 0.6 is 0 Å². The standard InChI is InChI=1S/C21H30N4O3S/c26-21(17-6-2-1-3-7-17)24-12-10-18(11-13-24)23-29(27,28)15-14-25-16-22-19-8-4-5-9-20(19)25/h4-5,8-9,16-18,23H,1-3,6-7,10-15H2. The molecule has 4 rings (SSSR count). The number of nitrogens with zero attached hydrogens (tertiary/aromatic N) is 3. The zero-order valence-electron chi connectivity index (χ0n) is 16.8. The minimum atomic E-state index is -3.39. The number of carbonyl (C=O) groups excluding carboxylic acids is 1. The lowest BCUT2D eigenvalue weighted by atomic mass is 9.87. The number of amides is 1. The zero-order chi connectivity index (χ0) is 20.3. The predicted molar refractivity (Wildman–Crippen MR) is 113 cm³/mol. The minimum Gasteiger partial charge on any atom is -0.342 e. The maximum absolute atomic E-state index is 12.7. The van der Waals surface area contributed by atoms with E-state index in [9.17, 15) is 13.2 Å². The smallest absolute Gasteiger partial charge is 0.225 e. The second kappa shape index (κ2) is 8.83. The molecular weight excluding hydrogens is 388 g/mol. The molecule has 0 unspecified atom stereocenters. The van der Waals surface area contributed by atoms with Crippen molar-refractivity contribution in [1.29, 1.82) is 0 Å². The van der Waals surface area contributed by atoms with Gasteiger partial charge in [0, 0.05) is 31.6 Å². The summed E-state index contributed by atoms with van der Waals surface area (Å²) in [6, 6.07) is 7.62. The lowest BCUT2D eigenvalue weighted by molar-refractivity contribution is -0.137. The number of fused-ring (bicyclic) bond motifs is 1. The van der Waals surface area contributed by atoms with Crippen molar-refractivity contribution < 1.29 is 13.2 Å². The van der Waals surface area contributed by atoms with Crippen molar-refractivity contribution in [3.8, 4) is 0 Å². The number of benzene rings is 1. The Bertz CT molecular complexity index is 942. The first-order chi connectivity index (χ1) is 14.0. The van der Waals surface area contributed by atoms with Crippen molar-refractivity contribution in [1.82, 2.24) is 19.2 Å². The summed E-state index contributed by atoms with van der Waals surface area (Å²) in [5, 5.41) is 0. The molecule has 2 aliphatic rings. The predicted octanol–water partition coefficient (Wildman–Crippen LogP) is 2.53. The number of aryl methyl sites for hydroxylation is 1. The number of imidazole rings is 1. The number of likely N-dealkylation sites (tertiary alicyclic amines) is 1. The first kappa shape index (κ1) is 20.3. The molecule has 8 heteroatoms. The second-order valence-electron chi connectivity index (χ2n) is 8.30. The first-order valence-electron chi connectivity index (χ1n) is 10.7. The Labute approximate surface area is 172 Å². The van der Waals surface area contributed by atoms with E-state index >= 15 is 0 Å². The van der Waals surface area contributed by atoms with E-state index in [0.29, 0.717) is 32.5 Å². The molecule has 1 N–H and O–H groups in total. The highest BCUT2D eigenvalue weighted by Gasteiger charge is 2.30. The van der Waals surface area contributed by atoms with E-state index in [0.717, 1.165) is 36.7 Å². The Morgan fingerprint density at radius 1 is 1.07 bits per heavy atom. The number of hydrogen-bond donors (Lipinski definition) is 1. The monoisotopic (exact) mass is 418 g/mol. The molecule has 2 fully saturated rings. The van der Waals surface area contributed by atoms with Crippen molar-refractivity contribution in [3.63, 3.8) is 0 Å². The number of nitrogens with one attached hydrogen (secondary N) is 1. The van der Waals surface area contributed by atoms with Gasteiger partial charge in [0.25, 0.3) is 0 Å². The molecule has 1 aromatic carbocycles. The van der Waals surface area contributed by atoms with E-state index in [-0.39, 0.29) is 23.6 Å². The third-order valence-corrected chi connectivity index (χ3v) is 7.65. The van der Waals surface area contributed by atoms with E-state index < -0.39 is 10.0 Å². The van der Waals surface area contributed by atoms with Gasteiger partial charge in [-0.3, -0.25) is 4.79 Å². The van der Waals surface area contributed by atoms with Crippen molar-refractivity contribution >= 4 is 27.0 Å². The van der Waals surface area contributed by atoms with Gasteiger partial charge in [-0.1, -0.05) is 31.4 Å². The highest BCUT2D eigenvalue weighted by atomic mass is 32.2. The summed E-state index contributed by atoms with van der Waals surface area (Å²) in [7, 11) is -3.39. The quantitative estimate of drug-likeness (QED) is 0.781. The van der Waals surface area contributed by atoms with Gasteiger partial charge in [0.05, 0.1) is 23.1 Å². The molecule has 1 saturated carbocycles. The number of aromatic nitrogens is 2. The van der Waals surface area contributed by atoms with Gasteiger partial charge in [-0.25, -0.2) is 18.1 Å². The van der Waals surface area contributed by atoms with E-state index in [2.05, 4.69) is 9.71 Å². The normalized spacial score (nSPS) is 19.7. The van der Waals surface area contributed by atoms with Crippen LogP contribution in [0.1, 0.15) is 44.9 Å². The summed E-state index contributed by atoms with van der Waals surface area (Å²) < 4.78 is 29.9. The lowest BCUT2D eigenvalue weighted by Gasteiger charge is -2.35. The van der Waals surface area contributed by atoms with Gasteiger partial charge in [0.1, 0.15) is 0 Å². The third kappa shape index (κ3) is 4.98. The molecule has 1 saturated heterocycles. The molecule has 2 heterocycles. The molecule has 0 bridgehead atoms. The summed E-state index contributed by atoms with van der Waals surface area (Å²) in [6.45, 7) is 1.66. The molecule has 0 spiro atoms. The molecule has 1 aromatic heterocycles. The first-order valence-corrected chi connectivity index (χ1v) is 12.4. The molecule has 1 aliphatic heterocycles. The van der Waals surface area contributed by atoms with Crippen LogP contribution in [-0.2, 0) is 21.4 Å². The van der Waals surface area contributed by atoms with Gasteiger partial charge in [0.2, 0.25) is 15.9 Å². The van der Waals surface area contributed by atoms with Gasteiger partial charge >= 0.3 is 0 Å². The van der Waals surface area contributed by atoms with E-state index in [4.69, 9.17) is 0 Å². The maximum Gasteiger partial charge on any atom is 0.225 e. The van der Waals surface area contributed by atoms with Crippen molar-refractivity contribution in [2.24, 2.45) is 5.92 Å². The molecule has 158 valence electrons. The average molecular weight is 419 g/mol. The summed E-state index contributed by atoms with van der Waals surface area (Å²) in [5.74, 6) is 0.481. The Morgan fingerprint density at radius 2 is 1.79 bits per heavy atom. The summed E-state index contributed by atoms with van der Waals surface area (Å²) >= 11 is 0. The van der Waals surface area contributed by atoms with Crippen LogP contribution in [0.2, 0.25) is 0 Å². The topological polar surface area (TPSA) is 84.3 Å². The highest BCUT2D eigenvalue weighted by molar-refractivity contribution is 7.89. The van der Waals surface area contributed by atoms with Gasteiger partial charge in [-0.15, -0.1) is 0 Å². The third-order valence-electron chi connectivity index (χ3n) is 6.24. The van der Waals surface area contributed by atoms with Crippen LogP contribution in [0, 0.1) is 5.92 Å². The second-order valence-corrected chi connectivity index (χ2v) is 10.2. The highest BCUT2D eigenvalue weighted by Crippen LogP contribution is 2.26. The largest absolute Gasteiger partial charge is 0.342 e. The molecular formula is C21H30N4O3S. The van der Waals surface area contributed by atoms with Gasteiger partial charge in [0.15, 0.2) is 0 Å². The molecule has 7 nitrogen and oxygen atoms in total. The van der Waals surface area contributed by atoms with E-state index in [1.165, 1.54) is 6.42 Å². The zero-order valence-corrected chi connectivity index (χ0v) is 17.6. The van der Waals surface area contributed by atoms with Crippen LogP contribution in [-0.4, -0.2) is 53.7 Å². The Balaban J connectivity index is 1.26. The number of hydrogen-bond acceptors (Lipinski definition) is 4. The fourth-order valence-corrected chi connectivity index (χ4v) is 5.84. The van der Waals surface area contributed by atoms with Crippen LogP contribution < -0.4 is 4.72 Å². The number of carbonyl (C=O) groups is 1. The Hall–Kier alpha value is -1.93. The molecule has 0 atom stereocenters. The molecule has 0 radical (unpaired) electrons. The SMILES string of the molecule is O=C(C1CCCCC1)N1CCC(NS(=O)(=O)CCn2cnc3ccccc32)CC1. The Morgan fingerprint density at radius 3 is 2.55 bits per heavy atom. The number of para-hydroxylation sites is 2. The van der Waals surface area contributed by atoms with Crippen LogP contribution in [0.3, 0.4) is 0 Å². The Kier molecular flexibility index (Phi) is 6.20. The van der Waals surface area contributed by atoms with Crippen LogP contribution in [0.5, 0.6) is 0 Å². The van der Waals surface area contributed by atoms with Gasteiger partial charge in [-0.2, -0.15) is 0 Å². The van der Waals surface area contributed by atoms with Gasteiger partial charge in [-0.05, 0) is 37.8 Å². The number of sulfonamides is 1. The molecule has 29 heavy (non-hydrogen) atoms. The fourth-order valence-electron chi connectivity index (χ4n) is 4.55. The average Bonchev–Trinajstić information content (AvgIpc) is 3.16. The summed E-state index contributed by atoms with van der Waals surface area (Å²) in [4.78, 5) is 18.9. The molecule has 2 aromatic rings.